The highest BCUT2D eigenvalue weighted by molar-refractivity contribution is 6.31. The van der Waals surface area contributed by atoms with Crippen LogP contribution in [0, 0.1) is 12.7 Å². The summed E-state index contributed by atoms with van der Waals surface area (Å²) >= 11 is 6.32. The molecular weight excluding hydrogens is 506 g/mol. The van der Waals surface area contributed by atoms with E-state index in [0.717, 1.165) is 18.5 Å². The van der Waals surface area contributed by atoms with Crippen LogP contribution in [-0.4, -0.2) is 44.4 Å². The second kappa shape index (κ2) is 11.6. The van der Waals surface area contributed by atoms with Crippen LogP contribution >= 0.6 is 11.6 Å². The van der Waals surface area contributed by atoms with Gasteiger partial charge >= 0.3 is 0 Å². The number of aryl methyl sites for hydroxylation is 1. The molecule has 3 N–H and O–H groups in total. The highest BCUT2D eigenvalue weighted by Gasteiger charge is 2.28. The van der Waals surface area contributed by atoms with E-state index in [9.17, 15) is 18.0 Å². The van der Waals surface area contributed by atoms with Gasteiger partial charge in [0.15, 0.2) is 5.84 Å². The Bertz CT molecular complexity index is 1380. The van der Waals surface area contributed by atoms with Gasteiger partial charge in [-0.3, -0.25) is 9.79 Å². The molecule has 1 heterocycles. The minimum Gasteiger partial charge on any atom is -0.487 e. The number of nitrogens with two attached hydrogens (primary N) is 1. The molecule has 1 atom stereocenters. The molecule has 3 rings (SSSR count). The van der Waals surface area contributed by atoms with Crippen molar-refractivity contribution < 1.29 is 22.7 Å². The molecule has 7 nitrogen and oxygen atoms in total. The number of nitrogens with zero attached hydrogens (tertiary/aromatic N) is 3. The average molecular weight is 530 g/mol. The van der Waals surface area contributed by atoms with Crippen LogP contribution in [0.25, 0.3) is 10.9 Å². The molecule has 1 aromatic heterocycles. The number of rotatable bonds is 8. The molecule has 2 aromatic carbocycles. The Morgan fingerprint density at radius 2 is 2.08 bits per heavy atom. The highest BCUT2D eigenvalue weighted by Crippen LogP contribution is 2.33. The average Bonchev–Trinajstić information content (AvgIpc) is 2.80. The number of amidine groups is 1. The maximum Gasteiger partial charge on any atom is 0.247 e. The van der Waals surface area contributed by atoms with Crippen LogP contribution in [0.3, 0.4) is 0 Å². The zero-order chi connectivity index (χ0) is 27.3. The lowest BCUT2D eigenvalue weighted by molar-refractivity contribution is -0.124. The number of hydrogen-bond acceptors (Lipinski definition) is 4. The smallest absolute Gasteiger partial charge is 0.247 e. The zero-order valence-corrected chi connectivity index (χ0v) is 21.1. The van der Waals surface area contributed by atoms with Crippen LogP contribution < -0.4 is 15.8 Å². The van der Waals surface area contributed by atoms with E-state index in [2.05, 4.69) is 20.3 Å². The molecule has 0 fully saturated rings. The topological polar surface area (TPSA) is 102 Å². The largest absolute Gasteiger partial charge is 0.487 e. The van der Waals surface area contributed by atoms with E-state index in [1.807, 2.05) is 12.1 Å². The minimum absolute atomic E-state index is 0.0162. The zero-order valence-electron chi connectivity index (χ0n) is 20.4. The molecule has 0 aliphatic carbocycles. The van der Waals surface area contributed by atoms with Crippen LogP contribution in [0.1, 0.15) is 35.7 Å². The minimum atomic E-state index is -2.87. The number of amides is 1. The Balaban J connectivity index is 2.03. The van der Waals surface area contributed by atoms with E-state index in [1.54, 1.807) is 26.1 Å². The summed E-state index contributed by atoms with van der Waals surface area (Å²) in [6, 6.07) is 9.23. The van der Waals surface area contributed by atoms with Gasteiger partial charge in [-0.25, -0.2) is 23.1 Å². The van der Waals surface area contributed by atoms with Crippen molar-refractivity contribution >= 4 is 48.4 Å². The molecule has 0 unspecified atom stereocenters. The molecule has 1 amide bonds. The maximum atomic E-state index is 14.3. The molecule has 192 valence electrons. The number of alkyl halides is 2. The summed E-state index contributed by atoms with van der Waals surface area (Å²) < 4.78 is 45.6. The van der Waals surface area contributed by atoms with Gasteiger partial charge in [-0.05, 0) is 43.7 Å². The van der Waals surface area contributed by atoms with Crippen LogP contribution in [-0.2, 0) is 16.8 Å². The van der Waals surface area contributed by atoms with Gasteiger partial charge < -0.3 is 15.8 Å². The van der Waals surface area contributed by atoms with E-state index < -0.39 is 30.0 Å². The number of carbonyl (C=O) groups excluding carboxylic acids is 1. The fourth-order valence-electron chi connectivity index (χ4n) is 3.88. The third kappa shape index (κ3) is 6.59. The number of ether oxygens (including phenoxy) is 1. The van der Waals surface area contributed by atoms with Gasteiger partial charge in [-0.2, -0.15) is 0 Å². The summed E-state index contributed by atoms with van der Waals surface area (Å²) in [5.41, 5.74) is 5.95. The lowest BCUT2D eigenvalue weighted by Crippen LogP contribution is -2.45. The second-order valence-electron chi connectivity index (χ2n) is 8.34. The second-order valence-corrected chi connectivity index (χ2v) is 8.74. The summed E-state index contributed by atoms with van der Waals surface area (Å²) in [7, 11) is 7.81. The van der Waals surface area contributed by atoms with Gasteiger partial charge in [-0.1, -0.05) is 23.7 Å². The van der Waals surface area contributed by atoms with E-state index >= 15 is 0 Å². The normalized spacial score (nSPS) is 13.8. The molecule has 0 spiro atoms. The Kier molecular flexibility index (Phi) is 8.80. The van der Waals surface area contributed by atoms with Crippen molar-refractivity contribution in [3.05, 3.63) is 69.6 Å². The molecule has 37 heavy (non-hydrogen) atoms. The summed E-state index contributed by atoms with van der Waals surface area (Å²) in [6.45, 7) is 2.96. The predicted octanol–water partition coefficient (Wildman–Crippen LogP) is 4.39. The number of carbonyl (C=O) groups is 1. The first-order valence-corrected chi connectivity index (χ1v) is 11.5. The highest BCUT2D eigenvalue weighted by atomic mass is 35.5. The van der Waals surface area contributed by atoms with Crippen molar-refractivity contribution in [1.82, 2.24) is 10.3 Å². The van der Waals surface area contributed by atoms with Crippen LogP contribution in [0.2, 0.25) is 5.02 Å². The Morgan fingerprint density at radius 3 is 2.73 bits per heavy atom. The lowest BCUT2D eigenvalue weighted by Gasteiger charge is -2.30. The van der Waals surface area contributed by atoms with Crippen molar-refractivity contribution in [3.63, 3.8) is 0 Å². The third-order valence-electron chi connectivity index (χ3n) is 5.41. The van der Waals surface area contributed by atoms with Crippen molar-refractivity contribution in [2.45, 2.75) is 38.7 Å². The molecule has 3 aromatic rings. The SMILES string of the molecule is [B][C@@](C)(NC(=O)CC(F)F)c1cc(F)cc(Cl)c1COc1cccc2c(C(N=CN)=NC)cc(C)nc12. The summed E-state index contributed by atoms with van der Waals surface area (Å²) in [4.78, 5) is 24.9. The number of halogens is 4. The first-order chi connectivity index (χ1) is 17.5. The number of fused-ring (bicyclic) bond motifs is 1. The van der Waals surface area contributed by atoms with E-state index in [4.69, 9.17) is 29.9 Å². The summed E-state index contributed by atoms with van der Waals surface area (Å²) in [5.74, 6) is -0.941. The van der Waals surface area contributed by atoms with Crippen LogP contribution in [0.15, 0.2) is 46.4 Å². The fraction of sp³-hybridized carbons (Fsp3) is 0.280. The number of para-hydroxylation sites is 1. The van der Waals surface area contributed by atoms with E-state index in [1.165, 1.54) is 6.92 Å². The monoisotopic (exact) mass is 529 g/mol. The number of hydrogen-bond donors (Lipinski definition) is 2. The first kappa shape index (κ1) is 28.0. The van der Waals surface area contributed by atoms with Crippen molar-refractivity contribution in [1.29, 1.82) is 0 Å². The maximum absolute atomic E-state index is 14.3. The van der Waals surface area contributed by atoms with Gasteiger partial charge in [0.25, 0.3) is 0 Å². The van der Waals surface area contributed by atoms with Gasteiger partial charge in [0.1, 0.15) is 31.5 Å². The summed E-state index contributed by atoms with van der Waals surface area (Å²) in [6.07, 6.45) is -2.77. The molecule has 0 saturated heterocycles. The fourth-order valence-corrected chi connectivity index (χ4v) is 4.14. The Labute approximate surface area is 218 Å². The Morgan fingerprint density at radius 1 is 1.35 bits per heavy atom. The van der Waals surface area contributed by atoms with E-state index in [-0.39, 0.29) is 22.8 Å². The van der Waals surface area contributed by atoms with E-state index in [0.29, 0.717) is 33.7 Å². The molecule has 2 radical (unpaired) electrons. The predicted molar refractivity (Wildman–Crippen MR) is 139 cm³/mol. The molecule has 0 saturated carbocycles. The van der Waals surface area contributed by atoms with Crippen molar-refractivity contribution in [2.75, 3.05) is 7.05 Å². The molecule has 0 aliphatic heterocycles. The van der Waals surface area contributed by atoms with Gasteiger partial charge in [0.2, 0.25) is 12.3 Å². The lowest BCUT2D eigenvalue weighted by atomic mass is 9.72. The number of nitrogens with one attached hydrogen (secondary N) is 1. The summed E-state index contributed by atoms with van der Waals surface area (Å²) in [5, 5.41) is 2.98. The number of aliphatic imine (C=N–C) groups is 2. The number of benzene rings is 2. The van der Waals surface area contributed by atoms with Crippen LogP contribution in [0.5, 0.6) is 5.75 Å². The third-order valence-corrected chi connectivity index (χ3v) is 5.75. The molecule has 12 heteroatoms. The Hall–Kier alpha value is -3.60. The van der Waals surface area contributed by atoms with Gasteiger partial charge in [0, 0.05) is 34.7 Å². The van der Waals surface area contributed by atoms with Gasteiger partial charge in [-0.15, -0.1) is 0 Å². The number of aromatic nitrogens is 1. The quantitative estimate of drug-likeness (QED) is 0.257. The standard InChI is InChI=1S/C25H24BClF3N5O2/c1-13-7-16(24(32-3)33-12-31)15-5-4-6-20(23(15)34-13)37-11-17-18(8-14(28)9-19(17)27)25(2,26)35-22(36)10-21(29)30/h4-9,12,21H,10-11H2,1-3H3,(H,35,36)(H2,31,32,33)/t25-/m0/s1. The first-order valence-electron chi connectivity index (χ1n) is 11.1. The molecule has 0 aliphatic rings. The molecule has 0 bridgehead atoms. The van der Waals surface area contributed by atoms with Crippen molar-refractivity contribution in [2.24, 2.45) is 15.7 Å². The van der Waals surface area contributed by atoms with Crippen molar-refractivity contribution in [3.8, 4) is 5.75 Å². The van der Waals surface area contributed by atoms with Gasteiger partial charge in [0.05, 0.1) is 17.8 Å². The number of pyridine rings is 1. The molecular formula is C25H24BClF3N5O2. The van der Waals surface area contributed by atoms with Crippen LogP contribution in [0.4, 0.5) is 13.2 Å².